The fourth-order valence-electron chi connectivity index (χ4n) is 1.61. The van der Waals surface area contributed by atoms with Crippen LogP contribution in [0.15, 0.2) is 28.8 Å². The predicted octanol–water partition coefficient (Wildman–Crippen LogP) is 3.53. The molecule has 0 amide bonds. The molecule has 0 bridgehead atoms. The van der Waals surface area contributed by atoms with Gasteiger partial charge in [0, 0.05) is 11.3 Å². The van der Waals surface area contributed by atoms with E-state index in [0.717, 1.165) is 0 Å². The van der Waals surface area contributed by atoms with Gasteiger partial charge in [0.25, 0.3) is 0 Å². The number of nitrogens with two attached hydrogens (primary N) is 1. The second-order valence-electron chi connectivity index (χ2n) is 4.10. The van der Waals surface area contributed by atoms with E-state index in [0.29, 0.717) is 0 Å². The summed E-state index contributed by atoms with van der Waals surface area (Å²) in [5, 5.41) is 3.13. The second kappa shape index (κ2) is 4.93. The molecular formula is C11H7F6N3O. The van der Waals surface area contributed by atoms with E-state index in [1.807, 2.05) is 0 Å². The van der Waals surface area contributed by atoms with Gasteiger partial charge in [-0.1, -0.05) is 17.3 Å². The quantitative estimate of drug-likeness (QED) is 0.680. The number of alkyl halides is 6. The molecule has 1 heterocycles. The standard InChI is InChI=1S/C11H7F6N3O/c12-10(13,14)7(11(15,16)17)9-19-8(20-21-9)5-2-1-3-6(18)4-5/h1-4,7H,18H2. The highest BCUT2D eigenvalue weighted by atomic mass is 19.4. The Balaban J connectivity index is 2.42. The predicted molar refractivity (Wildman–Crippen MR) is 59.0 cm³/mol. The Morgan fingerprint density at radius 1 is 1.05 bits per heavy atom. The Hall–Kier alpha value is -2.26. The molecule has 0 saturated heterocycles. The van der Waals surface area contributed by atoms with E-state index >= 15 is 0 Å². The van der Waals surface area contributed by atoms with Crippen molar-refractivity contribution in [3.63, 3.8) is 0 Å². The van der Waals surface area contributed by atoms with Crippen LogP contribution in [0.2, 0.25) is 0 Å². The van der Waals surface area contributed by atoms with E-state index < -0.39 is 30.0 Å². The Morgan fingerprint density at radius 3 is 2.19 bits per heavy atom. The van der Waals surface area contributed by atoms with E-state index in [1.165, 1.54) is 24.3 Å². The maximum Gasteiger partial charge on any atom is 0.409 e. The maximum atomic E-state index is 12.5. The number of hydrogen-bond donors (Lipinski definition) is 1. The SMILES string of the molecule is Nc1cccc(-c2noc(C(C(F)(F)F)C(F)(F)F)n2)c1. The summed E-state index contributed by atoms with van der Waals surface area (Å²) in [6, 6.07) is 5.61. The normalized spacial score (nSPS) is 12.9. The molecule has 0 aliphatic carbocycles. The van der Waals surface area contributed by atoms with Gasteiger partial charge in [-0.05, 0) is 12.1 Å². The average molecular weight is 311 g/mol. The first-order chi connectivity index (χ1) is 9.59. The van der Waals surface area contributed by atoms with Crippen LogP contribution in [0.5, 0.6) is 0 Å². The van der Waals surface area contributed by atoms with Crippen LogP contribution in [0.3, 0.4) is 0 Å². The summed E-state index contributed by atoms with van der Waals surface area (Å²) in [5.74, 6) is -5.80. The third-order valence-corrected chi connectivity index (χ3v) is 2.49. The van der Waals surface area contributed by atoms with E-state index in [9.17, 15) is 26.3 Å². The molecule has 0 saturated carbocycles. The summed E-state index contributed by atoms with van der Waals surface area (Å²) >= 11 is 0. The largest absolute Gasteiger partial charge is 0.409 e. The van der Waals surface area contributed by atoms with Crippen molar-refractivity contribution < 1.29 is 30.9 Å². The van der Waals surface area contributed by atoms with Crippen LogP contribution in [0, 0.1) is 0 Å². The Kier molecular flexibility index (Phi) is 3.56. The summed E-state index contributed by atoms with van der Waals surface area (Å²) in [6.45, 7) is 0. The van der Waals surface area contributed by atoms with Gasteiger partial charge >= 0.3 is 12.4 Å². The van der Waals surface area contributed by atoms with Gasteiger partial charge in [0.05, 0.1) is 0 Å². The lowest BCUT2D eigenvalue weighted by Crippen LogP contribution is -2.34. The topological polar surface area (TPSA) is 64.9 Å². The number of aromatic nitrogens is 2. The molecule has 114 valence electrons. The van der Waals surface area contributed by atoms with Crippen molar-refractivity contribution in [2.24, 2.45) is 0 Å². The lowest BCUT2D eigenvalue weighted by atomic mass is 10.1. The second-order valence-corrected chi connectivity index (χ2v) is 4.10. The minimum absolute atomic E-state index is 0.146. The van der Waals surface area contributed by atoms with Gasteiger partial charge in [0.1, 0.15) is 0 Å². The van der Waals surface area contributed by atoms with Gasteiger partial charge in [-0.25, -0.2) is 0 Å². The molecule has 2 N–H and O–H groups in total. The van der Waals surface area contributed by atoms with Gasteiger partial charge in [-0.3, -0.25) is 0 Å². The average Bonchev–Trinajstić information content (AvgIpc) is 2.74. The molecule has 0 aliphatic heterocycles. The van der Waals surface area contributed by atoms with Crippen LogP contribution in [-0.4, -0.2) is 22.5 Å². The molecular weight excluding hydrogens is 304 g/mol. The van der Waals surface area contributed by atoms with E-state index in [2.05, 4.69) is 14.7 Å². The molecule has 4 nitrogen and oxygen atoms in total. The van der Waals surface area contributed by atoms with Crippen molar-refractivity contribution in [3.8, 4) is 11.4 Å². The van der Waals surface area contributed by atoms with Crippen molar-refractivity contribution in [3.05, 3.63) is 30.2 Å². The van der Waals surface area contributed by atoms with Crippen molar-refractivity contribution in [2.45, 2.75) is 18.3 Å². The molecule has 10 heteroatoms. The number of nitrogens with zero attached hydrogens (tertiary/aromatic N) is 2. The van der Waals surface area contributed by atoms with Crippen LogP contribution in [0.4, 0.5) is 32.0 Å². The molecule has 0 radical (unpaired) electrons. The van der Waals surface area contributed by atoms with E-state index in [-0.39, 0.29) is 11.3 Å². The highest BCUT2D eigenvalue weighted by Gasteiger charge is 2.60. The van der Waals surface area contributed by atoms with Crippen molar-refractivity contribution in [1.29, 1.82) is 0 Å². The van der Waals surface area contributed by atoms with Crippen LogP contribution in [0.25, 0.3) is 11.4 Å². The number of hydrogen-bond acceptors (Lipinski definition) is 4. The number of benzene rings is 1. The lowest BCUT2D eigenvalue weighted by molar-refractivity contribution is -0.259. The molecule has 21 heavy (non-hydrogen) atoms. The zero-order valence-corrected chi connectivity index (χ0v) is 10.0. The first kappa shape index (κ1) is 15.1. The molecule has 0 spiro atoms. The Labute approximate surface area is 113 Å². The fourth-order valence-corrected chi connectivity index (χ4v) is 1.61. The zero-order chi connectivity index (χ0) is 15.8. The third kappa shape index (κ3) is 3.26. The van der Waals surface area contributed by atoms with Crippen LogP contribution in [-0.2, 0) is 0 Å². The highest BCUT2D eigenvalue weighted by Crippen LogP contribution is 2.45. The maximum absolute atomic E-state index is 12.5. The third-order valence-electron chi connectivity index (χ3n) is 2.49. The summed E-state index contributed by atoms with van der Waals surface area (Å²) in [6.07, 6.45) is -11.2. The molecule has 0 atom stereocenters. The van der Waals surface area contributed by atoms with E-state index in [1.54, 1.807) is 0 Å². The van der Waals surface area contributed by atoms with Gasteiger partial charge < -0.3 is 10.3 Å². The number of nitrogen functional groups attached to an aromatic ring is 1. The minimum atomic E-state index is -5.59. The summed E-state index contributed by atoms with van der Waals surface area (Å²) < 4.78 is 79.2. The monoisotopic (exact) mass is 311 g/mol. The van der Waals surface area contributed by atoms with Gasteiger partial charge in [0.2, 0.25) is 17.6 Å². The summed E-state index contributed by atoms with van der Waals surface area (Å²) in [5.41, 5.74) is 5.85. The molecule has 2 aromatic rings. The molecule has 1 aromatic carbocycles. The molecule has 1 aromatic heterocycles. The molecule has 2 rings (SSSR count). The van der Waals surface area contributed by atoms with Crippen LogP contribution < -0.4 is 5.73 Å². The van der Waals surface area contributed by atoms with Crippen molar-refractivity contribution >= 4 is 5.69 Å². The Morgan fingerprint density at radius 2 is 1.67 bits per heavy atom. The van der Waals surface area contributed by atoms with E-state index in [4.69, 9.17) is 5.73 Å². The van der Waals surface area contributed by atoms with Gasteiger partial charge in [-0.15, -0.1) is 0 Å². The van der Waals surface area contributed by atoms with Crippen molar-refractivity contribution in [2.75, 3.05) is 5.73 Å². The number of anilines is 1. The molecule has 0 aliphatic rings. The fraction of sp³-hybridized carbons (Fsp3) is 0.273. The summed E-state index contributed by atoms with van der Waals surface area (Å²) in [4.78, 5) is 3.18. The summed E-state index contributed by atoms with van der Waals surface area (Å²) in [7, 11) is 0. The smallest absolute Gasteiger partial charge is 0.399 e. The van der Waals surface area contributed by atoms with Gasteiger partial charge in [0.15, 0.2) is 0 Å². The van der Waals surface area contributed by atoms with Crippen LogP contribution in [0.1, 0.15) is 11.8 Å². The first-order valence-corrected chi connectivity index (χ1v) is 5.42. The molecule has 0 unspecified atom stereocenters. The Bertz CT molecular complexity index is 619. The van der Waals surface area contributed by atoms with Crippen molar-refractivity contribution in [1.82, 2.24) is 10.1 Å². The highest BCUT2D eigenvalue weighted by molar-refractivity contribution is 5.60. The minimum Gasteiger partial charge on any atom is -0.399 e. The zero-order valence-electron chi connectivity index (χ0n) is 10.0. The number of halogens is 6. The first-order valence-electron chi connectivity index (χ1n) is 5.42. The van der Waals surface area contributed by atoms with Gasteiger partial charge in [-0.2, -0.15) is 31.3 Å². The van der Waals surface area contributed by atoms with Crippen LogP contribution >= 0.6 is 0 Å². The number of rotatable bonds is 2. The lowest BCUT2D eigenvalue weighted by Gasteiger charge is -2.18. The molecule has 0 fully saturated rings.